The van der Waals surface area contributed by atoms with Crippen LogP contribution >= 0.6 is 11.8 Å². The Hall–Kier alpha value is -2.59. The summed E-state index contributed by atoms with van der Waals surface area (Å²) in [5, 5.41) is 3.69. The van der Waals surface area contributed by atoms with Crippen LogP contribution in [0.1, 0.15) is 16.6 Å². The predicted molar refractivity (Wildman–Crippen MR) is 98.3 cm³/mol. The van der Waals surface area contributed by atoms with Gasteiger partial charge < -0.3 is 14.5 Å². The Balaban J connectivity index is 1.77. The van der Waals surface area contributed by atoms with Crippen LogP contribution in [0, 0.1) is 0 Å². The van der Waals surface area contributed by atoms with Crippen molar-refractivity contribution in [1.82, 2.24) is 0 Å². The first-order valence-electron chi connectivity index (χ1n) is 7.76. The standard InChI is InChI=1S/C20H17NO2S/c1-22-15-10-8-14(9-11-15)20-13-17(18-6-4-12-23-18)21-16-5-2-3-7-19(16)24-20/h2-13,20-21H,1H3. The third kappa shape index (κ3) is 2.93. The van der Waals surface area contributed by atoms with Crippen LogP contribution in [0.2, 0.25) is 0 Å². The highest BCUT2D eigenvalue weighted by molar-refractivity contribution is 7.99. The van der Waals surface area contributed by atoms with Crippen molar-refractivity contribution in [2.24, 2.45) is 0 Å². The van der Waals surface area contributed by atoms with E-state index in [1.54, 1.807) is 13.4 Å². The van der Waals surface area contributed by atoms with Crippen molar-refractivity contribution in [3.05, 3.63) is 84.3 Å². The molecular weight excluding hydrogens is 318 g/mol. The van der Waals surface area contributed by atoms with Gasteiger partial charge in [-0.25, -0.2) is 0 Å². The maximum Gasteiger partial charge on any atom is 0.149 e. The minimum absolute atomic E-state index is 0.187. The molecule has 2 heterocycles. The molecule has 4 rings (SSSR count). The summed E-state index contributed by atoms with van der Waals surface area (Å²) in [5.41, 5.74) is 3.31. The lowest BCUT2D eigenvalue weighted by molar-refractivity contribution is 0.414. The molecule has 1 unspecified atom stereocenters. The van der Waals surface area contributed by atoms with E-state index in [0.717, 1.165) is 22.9 Å². The average molecular weight is 335 g/mol. The number of benzene rings is 2. The van der Waals surface area contributed by atoms with Gasteiger partial charge in [0.2, 0.25) is 0 Å². The van der Waals surface area contributed by atoms with Gasteiger partial charge in [0.05, 0.1) is 30.0 Å². The zero-order valence-corrected chi connectivity index (χ0v) is 14.0. The molecule has 4 heteroatoms. The average Bonchev–Trinajstić information content (AvgIpc) is 3.09. The van der Waals surface area contributed by atoms with Crippen LogP contribution in [0.5, 0.6) is 5.75 Å². The molecule has 1 aliphatic heterocycles. The number of hydrogen-bond donors (Lipinski definition) is 1. The van der Waals surface area contributed by atoms with Gasteiger partial charge in [-0.2, -0.15) is 0 Å². The highest BCUT2D eigenvalue weighted by Gasteiger charge is 2.20. The first-order chi connectivity index (χ1) is 11.8. The third-order valence-corrected chi connectivity index (χ3v) is 5.23. The topological polar surface area (TPSA) is 34.4 Å². The maximum atomic E-state index is 5.60. The normalized spacial score (nSPS) is 16.5. The second-order valence-electron chi connectivity index (χ2n) is 5.49. The summed E-state index contributed by atoms with van der Waals surface area (Å²) in [4.78, 5) is 1.22. The fourth-order valence-corrected chi connectivity index (χ4v) is 3.89. The van der Waals surface area contributed by atoms with Gasteiger partial charge in [0, 0.05) is 4.90 Å². The number of thioether (sulfide) groups is 1. The highest BCUT2D eigenvalue weighted by Crippen LogP contribution is 2.44. The molecule has 24 heavy (non-hydrogen) atoms. The molecule has 0 radical (unpaired) electrons. The third-order valence-electron chi connectivity index (χ3n) is 3.96. The van der Waals surface area contributed by atoms with E-state index in [0.29, 0.717) is 0 Å². The fourth-order valence-electron chi connectivity index (χ4n) is 2.72. The Morgan fingerprint density at radius 2 is 1.83 bits per heavy atom. The largest absolute Gasteiger partial charge is 0.497 e. The predicted octanol–water partition coefficient (Wildman–Crippen LogP) is 5.59. The summed E-state index contributed by atoms with van der Waals surface area (Å²) in [6, 6.07) is 20.4. The molecule has 0 amide bonds. The number of ether oxygens (including phenoxy) is 1. The molecule has 120 valence electrons. The van der Waals surface area contributed by atoms with Crippen LogP contribution in [0.25, 0.3) is 5.70 Å². The van der Waals surface area contributed by atoms with Crippen LogP contribution in [0.15, 0.2) is 82.3 Å². The number of fused-ring (bicyclic) bond motifs is 1. The van der Waals surface area contributed by atoms with Crippen molar-refractivity contribution < 1.29 is 9.15 Å². The number of rotatable bonds is 3. The van der Waals surface area contributed by atoms with E-state index in [4.69, 9.17) is 9.15 Å². The van der Waals surface area contributed by atoms with E-state index in [-0.39, 0.29) is 5.25 Å². The summed E-state index contributed by atoms with van der Waals surface area (Å²) in [6.07, 6.45) is 3.91. The lowest BCUT2D eigenvalue weighted by Crippen LogP contribution is -1.98. The molecule has 0 saturated carbocycles. The Bertz CT molecular complexity index is 854. The monoisotopic (exact) mass is 335 g/mol. The van der Waals surface area contributed by atoms with E-state index in [1.807, 2.05) is 42.1 Å². The van der Waals surface area contributed by atoms with Crippen molar-refractivity contribution >= 4 is 23.1 Å². The molecule has 0 bridgehead atoms. The number of hydrogen-bond acceptors (Lipinski definition) is 4. The molecule has 3 aromatic rings. The summed E-state index contributed by atoms with van der Waals surface area (Å²) < 4.78 is 10.9. The smallest absolute Gasteiger partial charge is 0.149 e. The Morgan fingerprint density at radius 3 is 2.58 bits per heavy atom. The Morgan fingerprint density at radius 1 is 1.00 bits per heavy atom. The minimum atomic E-state index is 0.187. The zero-order chi connectivity index (χ0) is 16.4. The van der Waals surface area contributed by atoms with E-state index in [2.05, 4.69) is 41.7 Å². The summed E-state index contributed by atoms with van der Waals surface area (Å²) >= 11 is 1.82. The number of furan rings is 1. The second-order valence-corrected chi connectivity index (χ2v) is 6.67. The molecule has 1 N–H and O–H groups in total. The lowest BCUT2D eigenvalue weighted by Gasteiger charge is -2.13. The summed E-state index contributed by atoms with van der Waals surface area (Å²) in [6.45, 7) is 0. The molecule has 1 aliphatic rings. The second kappa shape index (κ2) is 6.49. The van der Waals surface area contributed by atoms with E-state index < -0.39 is 0 Å². The number of nitrogens with one attached hydrogen (secondary N) is 1. The van der Waals surface area contributed by atoms with Gasteiger partial charge in [0.25, 0.3) is 0 Å². The molecule has 1 atom stereocenters. The molecule has 0 spiro atoms. The summed E-state index contributed by atoms with van der Waals surface area (Å²) in [7, 11) is 1.69. The molecule has 0 aliphatic carbocycles. The van der Waals surface area contributed by atoms with Crippen molar-refractivity contribution in [2.75, 3.05) is 12.4 Å². The van der Waals surface area contributed by atoms with Gasteiger partial charge in [-0.1, -0.05) is 24.3 Å². The van der Waals surface area contributed by atoms with Crippen molar-refractivity contribution in [3.8, 4) is 5.75 Å². The molecular formula is C20H17NO2S. The lowest BCUT2D eigenvalue weighted by atomic mass is 10.1. The van der Waals surface area contributed by atoms with Gasteiger partial charge in [0.15, 0.2) is 0 Å². The van der Waals surface area contributed by atoms with Gasteiger partial charge in [0.1, 0.15) is 11.5 Å². The molecule has 2 aromatic carbocycles. The molecule has 0 saturated heterocycles. The van der Waals surface area contributed by atoms with Crippen LogP contribution in [-0.2, 0) is 0 Å². The minimum Gasteiger partial charge on any atom is -0.497 e. The van der Waals surface area contributed by atoms with Crippen molar-refractivity contribution in [1.29, 1.82) is 0 Å². The van der Waals surface area contributed by atoms with Crippen LogP contribution < -0.4 is 10.1 Å². The maximum absolute atomic E-state index is 5.60. The summed E-state index contributed by atoms with van der Waals surface area (Å²) in [5.74, 6) is 1.71. The van der Waals surface area contributed by atoms with Crippen LogP contribution in [0.3, 0.4) is 0 Å². The van der Waals surface area contributed by atoms with Crippen LogP contribution in [0.4, 0.5) is 5.69 Å². The zero-order valence-electron chi connectivity index (χ0n) is 13.2. The van der Waals surface area contributed by atoms with E-state index >= 15 is 0 Å². The van der Waals surface area contributed by atoms with Gasteiger partial charge >= 0.3 is 0 Å². The number of para-hydroxylation sites is 1. The fraction of sp³-hybridized carbons (Fsp3) is 0.100. The molecule has 3 nitrogen and oxygen atoms in total. The Labute approximate surface area is 145 Å². The number of anilines is 1. The van der Waals surface area contributed by atoms with Gasteiger partial charge in [-0.3, -0.25) is 0 Å². The quantitative estimate of drug-likeness (QED) is 0.677. The SMILES string of the molecule is COc1ccc(C2C=C(c3ccco3)Nc3ccccc3S2)cc1. The van der Waals surface area contributed by atoms with Crippen molar-refractivity contribution in [2.45, 2.75) is 10.1 Å². The van der Waals surface area contributed by atoms with Crippen LogP contribution in [-0.4, -0.2) is 7.11 Å². The number of methoxy groups -OCH3 is 1. The highest BCUT2D eigenvalue weighted by atomic mass is 32.2. The Kier molecular flexibility index (Phi) is 4.05. The first-order valence-corrected chi connectivity index (χ1v) is 8.64. The van der Waals surface area contributed by atoms with E-state index in [9.17, 15) is 0 Å². The van der Waals surface area contributed by atoms with Gasteiger partial charge in [-0.05, 0) is 48.0 Å². The molecule has 0 fully saturated rings. The van der Waals surface area contributed by atoms with Gasteiger partial charge in [-0.15, -0.1) is 11.8 Å². The van der Waals surface area contributed by atoms with E-state index in [1.165, 1.54) is 10.5 Å². The molecule has 1 aromatic heterocycles. The van der Waals surface area contributed by atoms with Crippen molar-refractivity contribution in [3.63, 3.8) is 0 Å². The first kappa shape index (κ1) is 15.0.